The van der Waals surface area contributed by atoms with Crippen LogP contribution in [0.1, 0.15) is 48.5 Å². The van der Waals surface area contributed by atoms with E-state index in [4.69, 9.17) is 4.74 Å². The van der Waals surface area contributed by atoms with Crippen LogP contribution in [0.25, 0.3) is 0 Å². The fourth-order valence-electron chi connectivity index (χ4n) is 4.30. The van der Waals surface area contributed by atoms with E-state index < -0.39 is 40.4 Å². The zero-order valence-corrected chi connectivity index (χ0v) is 18.7. The normalized spacial score (nSPS) is 25.7. The van der Waals surface area contributed by atoms with Gasteiger partial charge in [-0.2, -0.15) is 0 Å². The van der Waals surface area contributed by atoms with Gasteiger partial charge in [-0.05, 0) is 33.3 Å². The third-order valence-electron chi connectivity index (χ3n) is 5.84. The average Bonchev–Trinajstić information content (AvgIpc) is 2.50. The van der Waals surface area contributed by atoms with E-state index in [1.807, 2.05) is 0 Å². The molecule has 1 amide bonds. The van der Waals surface area contributed by atoms with Gasteiger partial charge in [0.15, 0.2) is 9.84 Å². The Balaban J connectivity index is 2.51. The predicted octanol–water partition coefficient (Wildman–Crippen LogP) is 3.08. The van der Waals surface area contributed by atoms with Crippen LogP contribution in [0.2, 0.25) is 23.7 Å². The second-order valence-electron chi connectivity index (χ2n) is 8.44. The number of hydrogen-bond acceptors (Lipinski definition) is 5. The fourth-order valence-corrected chi connectivity index (χ4v) is 12.0. The Bertz CT molecular complexity index is 738. The molecular formula is C18H31NO5SSi. The zero-order valence-electron chi connectivity index (χ0n) is 16.9. The van der Waals surface area contributed by atoms with Crippen molar-refractivity contribution in [3.8, 4) is 0 Å². The molecule has 0 aliphatic carbocycles. The van der Waals surface area contributed by atoms with E-state index in [0.29, 0.717) is 5.57 Å². The van der Waals surface area contributed by atoms with Crippen LogP contribution in [0.15, 0.2) is 11.3 Å². The first-order valence-corrected chi connectivity index (χ1v) is 13.7. The molecule has 0 aromatic carbocycles. The lowest BCUT2D eigenvalue weighted by atomic mass is 10.1. The van der Waals surface area contributed by atoms with Gasteiger partial charge in [-0.1, -0.05) is 38.9 Å². The van der Waals surface area contributed by atoms with Crippen molar-refractivity contribution >= 4 is 29.8 Å². The number of β-lactam (4-membered cyclic amide) rings is 1. The number of carbonyl (C=O) groups is 2. The number of ether oxygens (including phenoxy) is 1. The minimum Gasteiger partial charge on any atom is -0.455 e. The summed E-state index contributed by atoms with van der Waals surface area (Å²) in [5.74, 6) is -1.01. The zero-order chi connectivity index (χ0) is 20.1. The molecule has 0 radical (unpaired) electrons. The van der Waals surface area contributed by atoms with Crippen LogP contribution < -0.4 is 0 Å². The van der Waals surface area contributed by atoms with Gasteiger partial charge in [0.1, 0.15) is 16.7 Å². The van der Waals surface area contributed by atoms with Gasteiger partial charge in [-0.3, -0.25) is 9.69 Å². The number of esters is 1. The van der Waals surface area contributed by atoms with Crippen molar-refractivity contribution < 1.29 is 22.7 Å². The highest BCUT2D eigenvalue weighted by atomic mass is 32.2. The molecule has 0 bridgehead atoms. The molecule has 2 heterocycles. The van der Waals surface area contributed by atoms with E-state index in [1.54, 1.807) is 27.7 Å². The fraction of sp³-hybridized carbons (Fsp3) is 0.778. The average molecular weight is 402 g/mol. The van der Waals surface area contributed by atoms with E-state index in [0.717, 1.165) is 18.1 Å². The molecule has 0 aromatic rings. The third-order valence-corrected chi connectivity index (χ3v) is 14.2. The lowest BCUT2D eigenvalue weighted by molar-refractivity contribution is -0.157. The number of fused-ring (bicyclic) bond motifs is 1. The summed E-state index contributed by atoms with van der Waals surface area (Å²) in [7, 11) is -5.58. The standard InChI is InChI=1S/C18H31NO5SSi/c1-8-26(9-2,10-3)14-15(20)19-13(17(21)24-18(5,6)7)12(4)11-25(22,23)16(14)19/h14,16H,8-11H2,1-7H3/t14-,16?/m0/s1. The number of amides is 1. The van der Waals surface area contributed by atoms with Crippen molar-refractivity contribution in [3.05, 3.63) is 11.3 Å². The van der Waals surface area contributed by atoms with Gasteiger partial charge in [0, 0.05) is 0 Å². The topological polar surface area (TPSA) is 80.8 Å². The first-order chi connectivity index (χ1) is 11.8. The SMILES string of the molecule is CC[Si](CC)(CC)[C@H]1C(=O)N2C(C(=O)OC(C)(C)C)=C(C)CS(=O)(=O)C12. The number of sulfone groups is 1. The molecule has 0 spiro atoms. The summed E-state index contributed by atoms with van der Waals surface area (Å²) in [6.45, 7) is 13.0. The van der Waals surface area contributed by atoms with Crippen molar-refractivity contribution in [2.24, 2.45) is 0 Å². The van der Waals surface area contributed by atoms with Crippen LogP contribution in [-0.2, 0) is 24.2 Å². The van der Waals surface area contributed by atoms with Crippen LogP contribution in [0, 0.1) is 0 Å². The highest BCUT2D eigenvalue weighted by Gasteiger charge is 2.65. The molecule has 26 heavy (non-hydrogen) atoms. The van der Waals surface area contributed by atoms with Gasteiger partial charge in [-0.25, -0.2) is 13.2 Å². The lowest BCUT2D eigenvalue weighted by Gasteiger charge is -2.55. The van der Waals surface area contributed by atoms with E-state index in [2.05, 4.69) is 20.8 Å². The molecule has 2 aliphatic rings. The Hall–Kier alpha value is -1.15. The summed E-state index contributed by atoms with van der Waals surface area (Å²) in [6.07, 6.45) is 0. The van der Waals surface area contributed by atoms with Gasteiger partial charge in [0.25, 0.3) is 0 Å². The Kier molecular flexibility index (Phi) is 5.52. The minimum atomic E-state index is -3.50. The molecule has 2 aliphatic heterocycles. The van der Waals surface area contributed by atoms with Gasteiger partial charge < -0.3 is 4.74 Å². The summed E-state index contributed by atoms with van der Waals surface area (Å²) in [5.41, 5.74) is -0.651. The van der Waals surface area contributed by atoms with Crippen molar-refractivity contribution in [1.29, 1.82) is 0 Å². The minimum absolute atomic E-state index is 0.132. The molecule has 6 nitrogen and oxygen atoms in total. The molecule has 1 unspecified atom stereocenters. The number of carbonyl (C=O) groups excluding carboxylic acids is 2. The van der Waals surface area contributed by atoms with Gasteiger partial charge in [0.2, 0.25) is 5.91 Å². The second-order valence-corrected chi connectivity index (χ2v) is 16.0. The summed E-state index contributed by atoms with van der Waals surface area (Å²) in [6, 6.07) is 2.59. The third kappa shape index (κ3) is 3.26. The summed E-state index contributed by atoms with van der Waals surface area (Å²) in [5, 5.41) is -0.896. The van der Waals surface area contributed by atoms with Crippen LogP contribution in [0.3, 0.4) is 0 Å². The van der Waals surface area contributed by atoms with Gasteiger partial charge in [0.05, 0.1) is 19.4 Å². The maximum absolute atomic E-state index is 13.1. The quantitative estimate of drug-likeness (QED) is 0.402. The first-order valence-electron chi connectivity index (χ1n) is 9.33. The van der Waals surface area contributed by atoms with Crippen molar-refractivity contribution in [2.45, 2.75) is 83.1 Å². The summed E-state index contributed by atoms with van der Waals surface area (Å²) < 4.78 is 31.2. The molecule has 0 saturated carbocycles. The largest absolute Gasteiger partial charge is 0.455 e. The second kappa shape index (κ2) is 6.78. The molecule has 0 N–H and O–H groups in total. The van der Waals surface area contributed by atoms with Crippen LogP contribution >= 0.6 is 0 Å². The van der Waals surface area contributed by atoms with E-state index in [-0.39, 0.29) is 17.4 Å². The van der Waals surface area contributed by atoms with Gasteiger partial charge >= 0.3 is 5.97 Å². The Labute approximate surface area is 157 Å². The molecule has 148 valence electrons. The lowest BCUT2D eigenvalue weighted by Crippen LogP contribution is -2.70. The van der Waals surface area contributed by atoms with E-state index in [9.17, 15) is 18.0 Å². The van der Waals surface area contributed by atoms with Crippen LogP contribution in [0.5, 0.6) is 0 Å². The Morgan fingerprint density at radius 3 is 2.12 bits per heavy atom. The van der Waals surface area contributed by atoms with Crippen molar-refractivity contribution in [1.82, 2.24) is 4.90 Å². The van der Waals surface area contributed by atoms with Crippen molar-refractivity contribution in [3.63, 3.8) is 0 Å². The number of hydrogen-bond donors (Lipinski definition) is 0. The smallest absolute Gasteiger partial charge is 0.355 e. The van der Waals surface area contributed by atoms with Crippen molar-refractivity contribution in [2.75, 3.05) is 5.75 Å². The molecule has 1 fully saturated rings. The molecular weight excluding hydrogens is 370 g/mol. The number of nitrogens with zero attached hydrogens (tertiary/aromatic N) is 1. The molecule has 2 rings (SSSR count). The molecule has 0 aromatic heterocycles. The van der Waals surface area contributed by atoms with E-state index in [1.165, 1.54) is 4.90 Å². The molecule has 2 atom stereocenters. The molecule has 1 saturated heterocycles. The highest BCUT2D eigenvalue weighted by molar-refractivity contribution is 7.92. The summed E-state index contributed by atoms with van der Waals surface area (Å²) >= 11 is 0. The first kappa shape index (κ1) is 21.2. The Morgan fingerprint density at radius 1 is 1.19 bits per heavy atom. The predicted molar refractivity (Wildman–Crippen MR) is 104 cm³/mol. The van der Waals surface area contributed by atoms with Gasteiger partial charge in [-0.15, -0.1) is 0 Å². The molecule has 8 heteroatoms. The van der Waals surface area contributed by atoms with E-state index >= 15 is 0 Å². The maximum atomic E-state index is 13.1. The number of rotatable bonds is 5. The highest BCUT2D eigenvalue weighted by Crippen LogP contribution is 2.51. The Morgan fingerprint density at radius 2 is 1.69 bits per heavy atom. The maximum Gasteiger partial charge on any atom is 0.355 e. The van der Waals surface area contributed by atoms with Crippen LogP contribution in [-0.4, -0.2) is 50.0 Å². The monoisotopic (exact) mass is 401 g/mol. The van der Waals surface area contributed by atoms with Crippen LogP contribution in [0.4, 0.5) is 0 Å². The summed E-state index contributed by atoms with van der Waals surface area (Å²) in [4.78, 5) is 27.0.